The van der Waals surface area contributed by atoms with Gasteiger partial charge in [-0.3, -0.25) is 0 Å². The Morgan fingerprint density at radius 2 is 2.23 bits per heavy atom. The lowest BCUT2D eigenvalue weighted by molar-refractivity contribution is -0.144. The molecule has 1 N–H and O–H groups in total. The van der Waals surface area contributed by atoms with Crippen LogP contribution >= 0.6 is 0 Å². The molecule has 2 bridgehead atoms. The molecular formula is C18H23NO3. The number of esters is 1. The van der Waals surface area contributed by atoms with E-state index in [9.17, 15) is 4.79 Å². The maximum atomic E-state index is 12.6. The lowest BCUT2D eigenvalue weighted by Crippen LogP contribution is -2.54. The standard InChI is InChI=1S/C18H23NO3/c1-5-11(2)21-17(20)16-12(3)19-18(4)10-14(16)13-8-6-7-9-15(13)22-18/h6-9,11,14,19H,5,10H2,1-4H3/t11-,14-,18-/m0/s1. The average molecular weight is 301 g/mol. The third-order valence-corrected chi connectivity index (χ3v) is 4.53. The summed E-state index contributed by atoms with van der Waals surface area (Å²) in [6, 6.07) is 7.94. The highest BCUT2D eigenvalue weighted by Crippen LogP contribution is 2.47. The van der Waals surface area contributed by atoms with E-state index in [1.165, 1.54) is 0 Å². The number of carbonyl (C=O) groups is 1. The molecule has 0 amide bonds. The van der Waals surface area contributed by atoms with Gasteiger partial charge in [-0.25, -0.2) is 4.79 Å². The molecule has 0 unspecified atom stereocenters. The molecule has 2 heterocycles. The normalized spacial score (nSPS) is 27.4. The second kappa shape index (κ2) is 5.34. The molecule has 0 saturated heterocycles. The van der Waals surface area contributed by atoms with Gasteiger partial charge < -0.3 is 14.8 Å². The van der Waals surface area contributed by atoms with Gasteiger partial charge in [-0.15, -0.1) is 0 Å². The molecule has 4 nitrogen and oxygen atoms in total. The summed E-state index contributed by atoms with van der Waals surface area (Å²) >= 11 is 0. The van der Waals surface area contributed by atoms with Crippen LogP contribution in [0, 0.1) is 0 Å². The minimum absolute atomic E-state index is 0.0211. The van der Waals surface area contributed by atoms with E-state index in [0.717, 1.165) is 35.4 Å². The number of hydrogen-bond donors (Lipinski definition) is 1. The predicted molar refractivity (Wildman–Crippen MR) is 84.5 cm³/mol. The minimum Gasteiger partial charge on any atom is -0.468 e. The van der Waals surface area contributed by atoms with Crippen LogP contribution in [0.2, 0.25) is 0 Å². The van der Waals surface area contributed by atoms with Crippen LogP contribution in [-0.4, -0.2) is 17.8 Å². The second-order valence-corrected chi connectivity index (χ2v) is 6.42. The summed E-state index contributed by atoms with van der Waals surface area (Å²) in [7, 11) is 0. The van der Waals surface area contributed by atoms with E-state index in [1.807, 2.05) is 52.0 Å². The van der Waals surface area contributed by atoms with Crippen LogP contribution in [0.25, 0.3) is 0 Å². The van der Waals surface area contributed by atoms with Crippen molar-refractivity contribution < 1.29 is 14.3 Å². The van der Waals surface area contributed by atoms with Crippen LogP contribution in [0.3, 0.4) is 0 Å². The first-order valence-electron chi connectivity index (χ1n) is 7.91. The Kier molecular flexibility index (Phi) is 3.63. The van der Waals surface area contributed by atoms with Gasteiger partial charge in [0, 0.05) is 23.6 Å². The van der Waals surface area contributed by atoms with Crippen LogP contribution in [0.5, 0.6) is 5.75 Å². The molecule has 0 aromatic heterocycles. The van der Waals surface area contributed by atoms with Crippen molar-refractivity contribution in [1.82, 2.24) is 5.32 Å². The highest BCUT2D eigenvalue weighted by Gasteiger charge is 2.45. The Hall–Kier alpha value is -1.97. The van der Waals surface area contributed by atoms with E-state index in [4.69, 9.17) is 9.47 Å². The Morgan fingerprint density at radius 3 is 2.95 bits per heavy atom. The lowest BCUT2D eigenvalue weighted by atomic mass is 9.78. The first kappa shape index (κ1) is 14.9. The number of allylic oxidation sites excluding steroid dienone is 1. The molecule has 0 spiro atoms. The lowest BCUT2D eigenvalue weighted by Gasteiger charge is -2.45. The van der Waals surface area contributed by atoms with Gasteiger partial charge in [-0.1, -0.05) is 25.1 Å². The number of ether oxygens (including phenoxy) is 2. The Balaban J connectivity index is 2.01. The van der Waals surface area contributed by atoms with Crippen LogP contribution in [-0.2, 0) is 9.53 Å². The summed E-state index contributed by atoms with van der Waals surface area (Å²) < 4.78 is 11.7. The maximum absolute atomic E-state index is 12.6. The van der Waals surface area contributed by atoms with E-state index < -0.39 is 5.72 Å². The molecule has 2 aliphatic rings. The van der Waals surface area contributed by atoms with Crippen molar-refractivity contribution in [2.45, 2.75) is 58.3 Å². The molecule has 0 fully saturated rings. The topological polar surface area (TPSA) is 47.6 Å². The molecule has 0 aliphatic carbocycles. The maximum Gasteiger partial charge on any atom is 0.336 e. The molecular weight excluding hydrogens is 278 g/mol. The number of fused-ring (bicyclic) bond motifs is 4. The number of rotatable bonds is 3. The van der Waals surface area contributed by atoms with Crippen molar-refractivity contribution in [3.8, 4) is 5.75 Å². The van der Waals surface area contributed by atoms with Crippen LogP contribution < -0.4 is 10.1 Å². The summed E-state index contributed by atoms with van der Waals surface area (Å²) in [5.41, 5.74) is 2.18. The van der Waals surface area contributed by atoms with Crippen molar-refractivity contribution in [1.29, 1.82) is 0 Å². The van der Waals surface area contributed by atoms with Gasteiger partial charge in [-0.2, -0.15) is 0 Å². The predicted octanol–water partition coefficient (Wildman–Crippen LogP) is 3.49. The van der Waals surface area contributed by atoms with Crippen molar-refractivity contribution in [2.24, 2.45) is 0 Å². The molecule has 0 radical (unpaired) electrons. The van der Waals surface area contributed by atoms with Gasteiger partial charge >= 0.3 is 5.97 Å². The van der Waals surface area contributed by atoms with Crippen molar-refractivity contribution in [3.05, 3.63) is 41.1 Å². The summed E-state index contributed by atoms with van der Waals surface area (Å²) in [6.07, 6.45) is 1.47. The summed E-state index contributed by atoms with van der Waals surface area (Å²) in [4.78, 5) is 12.6. The SMILES string of the molecule is CC[C@H](C)OC(=O)C1=C(C)N[C@]2(C)C[C@H]1c1ccccc1O2. The number of benzene rings is 1. The zero-order valence-electron chi connectivity index (χ0n) is 13.6. The number of carbonyl (C=O) groups excluding carboxylic acids is 1. The third kappa shape index (κ3) is 2.47. The molecule has 3 atom stereocenters. The van der Waals surface area contributed by atoms with Crippen molar-refractivity contribution in [2.75, 3.05) is 0 Å². The monoisotopic (exact) mass is 301 g/mol. The van der Waals surface area contributed by atoms with Crippen LogP contribution in [0.1, 0.15) is 52.0 Å². The fourth-order valence-corrected chi connectivity index (χ4v) is 3.33. The molecule has 1 aromatic rings. The van der Waals surface area contributed by atoms with Gasteiger partial charge in [-0.05, 0) is 33.3 Å². The fraction of sp³-hybridized carbons (Fsp3) is 0.500. The number of nitrogens with one attached hydrogen (secondary N) is 1. The summed E-state index contributed by atoms with van der Waals surface area (Å²) in [6.45, 7) is 7.89. The third-order valence-electron chi connectivity index (χ3n) is 4.53. The van der Waals surface area contributed by atoms with E-state index in [-0.39, 0.29) is 18.0 Å². The van der Waals surface area contributed by atoms with E-state index in [2.05, 4.69) is 5.32 Å². The molecule has 4 heteroatoms. The van der Waals surface area contributed by atoms with Gasteiger partial charge in [0.2, 0.25) is 0 Å². The molecule has 1 aromatic carbocycles. The highest BCUT2D eigenvalue weighted by molar-refractivity contribution is 5.92. The quantitative estimate of drug-likeness (QED) is 0.868. The van der Waals surface area contributed by atoms with Gasteiger partial charge in [0.15, 0.2) is 5.72 Å². The molecule has 118 valence electrons. The van der Waals surface area contributed by atoms with E-state index >= 15 is 0 Å². The average Bonchev–Trinajstić information content (AvgIpc) is 2.45. The van der Waals surface area contributed by atoms with Crippen molar-refractivity contribution >= 4 is 5.97 Å². The second-order valence-electron chi connectivity index (χ2n) is 6.42. The molecule has 2 aliphatic heterocycles. The van der Waals surface area contributed by atoms with Crippen LogP contribution in [0.15, 0.2) is 35.5 Å². The summed E-state index contributed by atoms with van der Waals surface area (Å²) in [5.74, 6) is 0.644. The number of hydrogen-bond acceptors (Lipinski definition) is 4. The van der Waals surface area contributed by atoms with Gasteiger partial charge in [0.1, 0.15) is 5.75 Å². The fourth-order valence-electron chi connectivity index (χ4n) is 3.33. The minimum atomic E-state index is -0.469. The van der Waals surface area contributed by atoms with E-state index in [0.29, 0.717) is 0 Å². The van der Waals surface area contributed by atoms with Gasteiger partial charge in [0.05, 0.1) is 11.7 Å². The summed E-state index contributed by atoms with van der Waals surface area (Å²) in [5, 5.41) is 3.34. The first-order chi connectivity index (χ1) is 10.4. The molecule has 0 saturated carbocycles. The smallest absolute Gasteiger partial charge is 0.336 e. The Labute approximate surface area is 131 Å². The highest BCUT2D eigenvalue weighted by atomic mass is 16.5. The molecule has 3 rings (SSSR count). The largest absolute Gasteiger partial charge is 0.468 e. The number of para-hydroxylation sites is 1. The Bertz CT molecular complexity index is 637. The first-order valence-corrected chi connectivity index (χ1v) is 7.91. The van der Waals surface area contributed by atoms with Gasteiger partial charge in [0.25, 0.3) is 0 Å². The molecule has 22 heavy (non-hydrogen) atoms. The van der Waals surface area contributed by atoms with Crippen molar-refractivity contribution in [3.63, 3.8) is 0 Å². The zero-order valence-corrected chi connectivity index (χ0v) is 13.6. The van der Waals surface area contributed by atoms with E-state index in [1.54, 1.807) is 0 Å². The van der Waals surface area contributed by atoms with Crippen LogP contribution in [0.4, 0.5) is 0 Å². The zero-order chi connectivity index (χ0) is 15.9. The Morgan fingerprint density at radius 1 is 1.50 bits per heavy atom.